The average molecular weight is 885 g/mol. The van der Waals surface area contributed by atoms with E-state index in [0.717, 1.165) is 96.3 Å². The van der Waals surface area contributed by atoms with Crippen molar-refractivity contribution in [2.45, 2.75) is 168 Å². The number of unbranched alkanes of at least 4 members (excludes halogenated alkanes) is 11. The lowest BCUT2D eigenvalue weighted by molar-refractivity contribution is -0.870. The van der Waals surface area contributed by atoms with Gasteiger partial charge in [0.15, 0.2) is 0 Å². The third-order valence-electron chi connectivity index (χ3n) is 9.57. The lowest BCUT2D eigenvalue weighted by Crippen LogP contribution is -2.37. The summed E-state index contributed by atoms with van der Waals surface area (Å²) in [5.41, 5.74) is 0. The minimum atomic E-state index is -4.30. The molecule has 0 aromatic rings. The van der Waals surface area contributed by atoms with Gasteiger partial charge in [0.1, 0.15) is 19.3 Å². The first-order valence-corrected chi connectivity index (χ1v) is 25.6. The van der Waals surface area contributed by atoms with E-state index in [2.05, 4.69) is 123 Å². The van der Waals surface area contributed by atoms with Crippen LogP contribution in [-0.4, -0.2) is 75.6 Å². The van der Waals surface area contributed by atoms with Gasteiger partial charge in [-0.2, -0.15) is 0 Å². The number of nitrogens with zero attached hydrogens (tertiary/aromatic N) is 1. The summed E-state index contributed by atoms with van der Waals surface area (Å²) < 4.78 is 35.0. The minimum Gasteiger partial charge on any atom is -0.457 e. The van der Waals surface area contributed by atoms with E-state index in [1.54, 1.807) is 0 Å². The van der Waals surface area contributed by atoms with Crippen LogP contribution in [0.15, 0.2) is 109 Å². The molecule has 0 fully saturated rings. The fourth-order valence-corrected chi connectivity index (χ4v) is 6.58. The highest BCUT2D eigenvalue weighted by Gasteiger charge is 2.26. The summed E-state index contributed by atoms with van der Waals surface area (Å²) in [6, 6.07) is 0. The molecule has 0 aromatic carbocycles. The van der Waals surface area contributed by atoms with Crippen molar-refractivity contribution >= 4 is 13.8 Å². The Morgan fingerprint density at radius 1 is 0.516 bits per heavy atom. The maximum Gasteiger partial charge on any atom is 0.472 e. The zero-order valence-electron chi connectivity index (χ0n) is 40.1. The second-order valence-electron chi connectivity index (χ2n) is 16.8. The number of allylic oxidation sites excluding steroid dienone is 18. The van der Waals surface area contributed by atoms with Crippen molar-refractivity contribution in [3.63, 3.8) is 0 Å². The Bertz CT molecular complexity index is 1350. The number of quaternary nitrogens is 1. The van der Waals surface area contributed by atoms with E-state index >= 15 is 0 Å². The molecule has 0 amide bonds. The van der Waals surface area contributed by atoms with Crippen LogP contribution >= 0.6 is 7.82 Å². The van der Waals surface area contributed by atoms with Crippen LogP contribution in [0.4, 0.5) is 0 Å². The van der Waals surface area contributed by atoms with Gasteiger partial charge in [-0.25, -0.2) is 4.57 Å². The average Bonchev–Trinajstić information content (AvgIpc) is 3.23. The Morgan fingerprint density at radius 3 is 1.40 bits per heavy atom. The number of carbonyl (C=O) groups excluding carboxylic acids is 1. The topological polar surface area (TPSA) is 91.3 Å². The first kappa shape index (κ1) is 59.2. The maximum atomic E-state index is 12.7. The number of hydrogen-bond donors (Lipinski definition) is 1. The molecule has 0 spiro atoms. The number of likely N-dealkylation sites (N-methyl/N-ethyl adjacent to an activating group) is 1. The third-order valence-corrected chi connectivity index (χ3v) is 10.6. The van der Waals surface area contributed by atoms with E-state index in [1.165, 1.54) is 38.5 Å². The van der Waals surface area contributed by atoms with Gasteiger partial charge in [0.25, 0.3) is 0 Å². The van der Waals surface area contributed by atoms with Gasteiger partial charge in [0.05, 0.1) is 34.4 Å². The van der Waals surface area contributed by atoms with E-state index in [0.29, 0.717) is 24.1 Å². The van der Waals surface area contributed by atoms with E-state index in [-0.39, 0.29) is 32.2 Å². The monoisotopic (exact) mass is 885 g/mol. The van der Waals surface area contributed by atoms with Gasteiger partial charge >= 0.3 is 13.8 Å². The first-order valence-electron chi connectivity index (χ1n) is 24.1. The van der Waals surface area contributed by atoms with Crippen molar-refractivity contribution in [3.05, 3.63) is 109 Å². The fraction of sp³-hybridized carbons (Fsp3) is 0.642. The molecule has 0 aliphatic rings. The predicted octanol–water partition coefficient (Wildman–Crippen LogP) is 14.8. The maximum absolute atomic E-state index is 12.7. The number of ether oxygens (including phenoxy) is 2. The standard InChI is InChI=1S/C53H90NO7P/c1-6-8-10-12-14-16-18-20-22-23-24-25-26-27-28-29-30-31-32-34-36-38-40-42-44-46-53(55)61-52(51-60-62(56,57)59-49-47-54(3,4)5)50-58-48-45-43-41-39-37-35-33-21-19-17-15-13-11-9-7-2/h8,10,13-16,19-22,24-25,27-28,30-31,34,36,52H,6-7,9,11-12,17-18,23,26,29,32-33,35,37-51H2,1-5H3/p+1/b10-8-,15-13-,16-14-,21-19-,22-20-,25-24-,28-27-,31-30-,36-34-. The van der Waals surface area contributed by atoms with Gasteiger partial charge in [-0.05, 0) is 96.3 Å². The van der Waals surface area contributed by atoms with E-state index in [4.69, 9.17) is 18.5 Å². The Morgan fingerprint density at radius 2 is 0.935 bits per heavy atom. The van der Waals surface area contributed by atoms with Crippen LogP contribution in [0.25, 0.3) is 0 Å². The third kappa shape index (κ3) is 48.2. The highest BCUT2D eigenvalue weighted by Crippen LogP contribution is 2.43. The highest BCUT2D eigenvalue weighted by molar-refractivity contribution is 7.47. The SMILES string of the molecule is CC/C=C\C/C=C\C/C=C\C/C=C\C/C=C\C/C=C\C/C=C\CCCCCC(=O)OC(COCCCCCCCC/C=C\C/C=C\CCCC)COP(=O)(O)OCC[N+](C)(C)C. The van der Waals surface area contributed by atoms with Crippen LogP contribution in [0.3, 0.4) is 0 Å². The lowest BCUT2D eigenvalue weighted by Gasteiger charge is -2.24. The zero-order chi connectivity index (χ0) is 45.5. The lowest BCUT2D eigenvalue weighted by atomic mass is 10.1. The Labute approximate surface area is 380 Å². The van der Waals surface area contributed by atoms with Gasteiger partial charge in [0.2, 0.25) is 0 Å². The van der Waals surface area contributed by atoms with Crippen molar-refractivity contribution in [1.29, 1.82) is 0 Å². The second-order valence-corrected chi connectivity index (χ2v) is 18.2. The van der Waals surface area contributed by atoms with E-state index in [1.807, 2.05) is 21.1 Å². The van der Waals surface area contributed by atoms with E-state index in [9.17, 15) is 14.3 Å². The number of phosphoric acid groups is 1. The Kier molecular flexibility index (Phi) is 42.7. The van der Waals surface area contributed by atoms with E-state index < -0.39 is 13.9 Å². The molecule has 2 atom stereocenters. The summed E-state index contributed by atoms with van der Waals surface area (Å²) in [6.07, 6.45) is 62.7. The number of esters is 1. The minimum absolute atomic E-state index is 0.0728. The number of phosphoric ester groups is 1. The molecule has 0 saturated heterocycles. The first-order chi connectivity index (χ1) is 30.1. The number of rotatable bonds is 43. The second kappa shape index (κ2) is 44.8. The smallest absolute Gasteiger partial charge is 0.457 e. The van der Waals surface area contributed by atoms with Crippen LogP contribution in [0.1, 0.15) is 162 Å². The molecule has 0 radical (unpaired) electrons. The van der Waals surface area contributed by atoms with Gasteiger partial charge in [-0.1, -0.05) is 168 Å². The van der Waals surface area contributed by atoms with Gasteiger partial charge < -0.3 is 18.9 Å². The molecule has 9 heteroatoms. The molecule has 0 rings (SSSR count). The van der Waals surface area contributed by atoms with Crippen molar-refractivity contribution in [2.24, 2.45) is 0 Å². The van der Waals surface area contributed by atoms with Crippen LogP contribution in [0, 0.1) is 0 Å². The molecular weight excluding hydrogens is 794 g/mol. The molecule has 0 aromatic heterocycles. The highest BCUT2D eigenvalue weighted by atomic mass is 31.2. The van der Waals surface area contributed by atoms with Gasteiger partial charge in [-0.3, -0.25) is 13.8 Å². The number of hydrogen-bond acceptors (Lipinski definition) is 6. The summed E-state index contributed by atoms with van der Waals surface area (Å²) in [6.45, 7) is 5.36. The molecule has 1 N–H and O–H groups in total. The van der Waals surface area contributed by atoms with Crippen LogP contribution in [0.5, 0.6) is 0 Å². The van der Waals surface area contributed by atoms with Crippen LogP contribution < -0.4 is 0 Å². The van der Waals surface area contributed by atoms with Crippen molar-refractivity contribution in [2.75, 3.05) is 54.1 Å². The Balaban J connectivity index is 4.30. The largest absolute Gasteiger partial charge is 0.472 e. The summed E-state index contributed by atoms with van der Waals surface area (Å²) in [5, 5.41) is 0. The number of carbonyl (C=O) groups is 1. The normalized spacial score (nSPS) is 14.6. The molecule has 0 bridgehead atoms. The molecule has 0 saturated carbocycles. The molecule has 0 aliphatic carbocycles. The molecular formula is C53H91NO7P+. The predicted molar refractivity (Wildman–Crippen MR) is 265 cm³/mol. The molecule has 2 unspecified atom stereocenters. The molecule has 8 nitrogen and oxygen atoms in total. The summed E-state index contributed by atoms with van der Waals surface area (Å²) >= 11 is 0. The molecule has 62 heavy (non-hydrogen) atoms. The Hall–Kier alpha value is -2.84. The van der Waals surface area contributed by atoms with Crippen molar-refractivity contribution in [3.8, 4) is 0 Å². The summed E-state index contributed by atoms with van der Waals surface area (Å²) in [4.78, 5) is 23.0. The summed E-state index contributed by atoms with van der Waals surface area (Å²) in [7, 11) is 1.62. The molecule has 0 heterocycles. The van der Waals surface area contributed by atoms with Gasteiger partial charge in [0, 0.05) is 13.0 Å². The van der Waals surface area contributed by atoms with Gasteiger partial charge in [-0.15, -0.1) is 0 Å². The fourth-order valence-electron chi connectivity index (χ4n) is 5.84. The zero-order valence-corrected chi connectivity index (χ0v) is 41.0. The van der Waals surface area contributed by atoms with Crippen molar-refractivity contribution in [1.82, 2.24) is 0 Å². The summed E-state index contributed by atoms with van der Waals surface area (Å²) in [5.74, 6) is -0.354. The van der Waals surface area contributed by atoms with Crippen LogP contribution in [-0.2, 0) is 27.9 Å². The molecule has 354 valence electrons. The quantitative estimate of drug-likeness (QED) is 0.0214. The van der Waals surface area contributed by atoms with Crippen molar-refractivity contribution < 1.29 is 37.3 Å². The molecule has 0 aliphatic heterocycles. The van der Waals surface area contributed by atoms with Crippen LogP contribution in [0.2, 0.25) is 0 Å².